The van der Waals surface area contributed by atoms with Crippen LogP contribution in [0.25, 0.3) is 0 Å². The zero-order valence-electron chi connectivity index (χ0n) is 2.25. The van der Waals surface area contributed by atoms with Crippen molar-refractivity contribution in [3.63, 3.8) is 0 Å². The fourth-order valence-corrected chi connectivity index (χ4v) is 0. The fourth-order valence-electron chi connectivity index (χ4n) is 0. The van der Waals surface area contributed by atoms with E-state index in [4.69, 9.17) is 15.3 Å². The molecule has 0 saturated heterocycles. The van der Waals surface area contributed by atoms with Crippen molar-refractivity contribution in [3.05, 3.63) is 0 Å². The van der Waals surface area contributed by atoms with Crippen LogP contribution in [0.1, 0.15) is 0 Å². The molecule has 5 heavy (non-hydrogen) atoms. The van der Waals surface area contributed by atoms with E-state index in [1.807, 2.05) is 0 Å². The molecule has 0 rings (SSSR count). The molecule has 0 fully saturated rings. The predicted octanol–water partition coefficient (Wildman–Crippen LogP) is -1.76. The average Bonchev–Trinajstić information content (AvgIpc) is 0.811. The Balaban J connectivity index is 0. The summed E-state index contributed by atoms with van der Waals surface area (Å²) in [5, 5.41) is 21.5. The van der Waals surface area contributed by atoms with Gasteiger partial charge >= 0.3 is 0 Å². The maximum absolute atomic E-state index is 7.17. The molecule has 0 aromatic rings. The summed E-state index contributed by atoms with van der Waals surface area (Å²) in [5.41, 5.74) is 0. The average molecular weight is 123 g/mol. The number of hydrogen-bond acceptors (Lipinski definition) is 3. The van der Waals surface area contributed by atoms with Gasteiger partial charge in [-0.05, 0) is 0 Å². The van der Waals surface area contributed by atoms with Crippen LogP contribution in [0.4, 0.5) is 0 Å². The van der Waals surface area contributed by atoms with E-state index in [0.717, 1.165) is 0 Å². The zero-order chi connectivity index (χ0) is 3.58. The topological polar surface area (TPSA) is 60.7 Å². The van der Waals surface area contributed by atoms with Crippen LogP contribution in [0.5, 0.6) is 0 Å². The summed E-state index contributed by atoms with van der Waals surface area (Å²) in [6.45, 7) is -2.17. The molecule has 35 valence electrons. The van der Waals surface area contributed by atoms with Crippen LogP contribution in [0.2, 0.25) is 0 Å². The first-order valence-electron chi connectivity index (χ1n) is 0.775. The van der Waals surface area contributed by atoms with Crippen molar-refractivity contribution in [2.24, 2.45) is 0 Å². The molecule has 0 heterocycles. The van der Waals surface area contributed by atoms with Gasteiger partial charge in [0.05, 0.1) is 0 Å². The molecular weight excluding hydrogens is 119 g/mol. The van der Waals surface area contributed by atoms with E-state index in [9.17, 15) is 0 Å². The van der Waals surface area contributed by atoms with Crippen LogP contribution in [0.3, 0.4) is 0 Å². The Morgan fingerprint density at radius 2 is 1.00 bits per heavy atom. The standard InChI is InChI=1S/CH4O3.Co/c2-1(3)4;/h1-4H;. The van der Waals surface area contributed by atoms with Crippen molar-refractivity contribution in [1.82, 2.24) is 0 Å². The molecule has 0 bridgehead atoms. The number of aliphatic hydroxyl groups is 3. The van der Waals surface area contributed by atoms with Crippen molar-refractivity contribution in [3.8, 4) is 0 Å². The van der Waals surface area contributed by atoms with E-state index >= 15 is 0 Å². The van der Waals surface area contributed by atoms with E-state index in [0.29, 0.717) is 0 Å². The molecule has 0 aliphatic rings. The van der Waals surface area contributed by atoms with Crippen LogP contribution >= 0.6 is 0 Å². The molecule has 3 N–H and O–H groups in total. The normalized spacial score (nSPS) is 7.20. The molecule has 0 saturated carbocycles. The molecular formula is CH4CoO3. The molecule has 3 nitrogen and oxygen atoms in total. The minimum atomic E-state index is -2.17. The van der Waals surface area contributed by atoms with Crippen LogP contribution < -0.4 is 0 Å². The zero-order valence-corrected chi connectivity index (χ0v) is 3.29. The molecule has 0 aliphatic heterocycles. The Labute approximate surface area is 39.4 Å². The molecule has 0 atom stereocenters. The van der Waals surface area contributed by atoms with E-state index in [1.165, 1.54) is 0 Å². The Bertz CT molecular complexity index is 11.6. The summed E-state index contributed by atoms with van der Waals surface area (Å²) in [6, 6.07) is 0. The van der Waals surface area contributed by atoms with E-state index in [1.54, 1.807) is 0 Å². The molecule has 0 aromatic carbocycles. The van der Waals surface area contributed by atoms with Crippen molar-refractivity contribution >= 4 is 0 Å². The van der Waals surface area contributed by atoms with Gasteiger partial charge in [0.1, 0.15) is 0 Å². The Hall–Kier alpha value is 0.386. The smallest absolute Gasteiger partial charge is 0.263 e. The van der Waals surface area contributed by atoms with Gasteiger partial charge in [0.15, 0.2) is 0 Å². The first-order valence-corrected chi connectivity index (χ1v) is 0.775. The third-order valence-electron chi connectivity index (χ3n) is 0. The summed E-state index contributed by atoms with van der Waals surface area (Å²) in [5.74, 6) is 0. The molecule has 0 aromatic heterocycles. The third kappa shape index (κ3) is 167. The van der Waals surface area contributed by atoms with Gasteiger partial charge in [-0.15, -0.1) is 0 Å². The first kappa shape index (κ1) is 9.04. The number of aliphatic hydroxyl groups excluding tert-OH is 1. The second-order valence-corrected chi connectivity index (χ2v) is 0.346. The van der Waals surface area contributed by atoms with Gasteiger partial charge in [-0.25, -0.2) is 0 Å². The van der Waals surface area contributed by atoms with Gasteiger partial charge in [0, 0.05) is 16.8 Å². The van der Waals surface area contributed by atoms with Gasteiger partial charge < -0.3 is 15.3 Å². The summed E-state index contributed by atoms with van der Waals surface area (Å²) in [4.78, 5) is 0. The molecule has 0 amide bonds. The third-order valence-corrected chi connectivity index (χ3v) is 0. The van der Waals surface area contributed by atoms with Crippen molar-refractivity contribution in [2.45, 2.75) is 6.48 Å². The Kier molecular flexibility index (Phi) is 7.93. The molecule has 0 unspecified atom stereocenters. The summed E-state index contributed by atoms with van der Waals surface area (Å²) in [6.07, 6.45) is 0. The van der Waals surface area contributed by atoms with E-state index < -0.39 is 6.48 Å². The quantitative estimate of drug-likeness (QED) is 0.334. The second kappa shape index (κ2) is 4.39. The maximum Gasteiger partial charge on any atom is 0.263 e. The van der Waals surface area contributed by atoms with Crippen LogP contribution in [0, 0.1) is 0 Å². The molecule has 0 aliphatic carbocycles. The van der Waals surface area contributed by atoms with E-state index in [2.05, 4.69) is 0 Å². The summed E-state index contributed by atoms with van der Waals surface area (Å²) < 4.78 is 0. The first-order chi connectivity index (χ1) is 1.73. The van der Waals surface area contributed by atoms with Crippen LogP contribution in [-0.2, 0) is 16.8 Å². The predicted molar refractivity (Wildman–Crippen MR) is 10.4 cm³/mol. The monoisotopic (exact) mass is 123 g/mol. The van der Waals surface area contributed by atoms with Gasteiger partial charge in [-0.1, -0.05) is 0 Å². The van der Waals surface area contributed by atoms with Crippen LogP contribution in [-0.4, -0.2) is 21.8 Å². The van der Waals surface area contributed by atoms with Crippen molar-refractivity contribution in [1.29, 1.82) is 0 Å². The molecule has 0 spiro atoms. The van der Waals surface area contributed by atoms with Gasteiger partial charge in [0.25, 0.3) is 6.48 Å². The van der Waals surface area contributed by atoms with Crippen molar-refractivity contribution < 1.29 is 32.1 Å². The fraction of sp³-hybridized carbons (Fsp3) is 1.00. The Morgan fingerprint density at radius 3 is 1.00 bits per heavy atom. The molecule has 1 radical (unpaired) electrons. The minimum absolute atomic E-state index is 0. The van der Waals surface area contributed by atoms with E-state index in [-0.39, 0.29) is 16.8 Å². The maximum atomic E-state index is 7.17. The van der Waals surface area contributed by atoms with Crippen LogP contribution in [0.15, 0.2) is 0 Å². The number of rotatable bonds is 0. The molecule has 4 heteroatoms. The second-order valence-electron chi connectivity index (χ2n) is 0.346. The van der Waals surface area contributed by atoms with Gasteiger partial charge in [0.2, 0.25) is 0 Å². The minimum Gasteiger partial charge on any atom is -0.346 e. The number of hydrogen-bond donors (Lipinski definition) is 3. The summed E-state index contributed by atoms with van der Waals surface area (Å²) >= 11 is 0. The van der Waals surface area contributed by atoms with Gasteiger partial charge in [-0.2, -0.15) is 0 Å². The Morgan fingerprint density at radius 1 is 1.00 bits per heavy atom. The summed E-state index contributed by atoms with van der Waals surface area (Å²) in [7, 11) is 0. The SMILES string of the molecule is OC(O)O.[Co]. The van der Waals surface area contributed by atoms with Gasteiger partial charge in [-0.3, -0.25) is 0 Å². The largest absolute Gasteiger partial charge is 0.346 e. The van der Waals surface area contributed by atoms with Crippen molar-refractivity contribution in [2.75, 3.05) is 0 Å².